The Morgan fingerprint density at radius 3 is 3.08 bits per heavy atom. The zero-order valence-corrected chi connectivity index (χ0v) is 13.3. The number of fused-ring (bicyclic) bond motifs is 3. The maximum Gasteiger partial charge on any atom is 0.268 e. The molecule has 4 rings (SSSR count). The number of aliphatic hydroxyl groups excluding tert-OH is 1. The number of aromatic nitrogens is 2. The van der Waals surface area contributed by atoms with E-state index in [1.807, 2.05) is 10.6 Å². The molecule has 3 aromatic rings. The number of anilines is 1. The normalized spacial score (nSPS) is 16.7. The molecule has 1 aliphatic rings. The lowest BCUT2D eigenvalue weighted by atomic mass is 10.1. The Kier molecular flexibility index (Phi) is 3.55. The highest BCUT2D eigenvalue weighted by Crippen LogP contribution is 2.25. The fraction of sp³-hybridized carbons (Fsp3) is 0.188. The van der Waals surface area contributed by atoms with Gasteiger partial charge < -0.3 is 15.0 Å². The summed E-state index contributed by atoms with van der Waals surface area (Å²) in [5.41, 5.74) is 1.82. The van der Waals surface area contributed by atoms with Crippen molar-refractivity contribution in [3.63, 3.8) is 0 Å². The Morgan fingerprint density at radius 2 is 2.33 bits per heavy atom. The van der Waals surface area contributed by atoms with Crippen molar-refractivity contribution in [2.45, 2.75) is 12.6 Å². The quantitative estimate of drug-likeness (QED) is 0.671. The van der Waals surface area contributed by atoms with E-state index in [9.17, 15) is 14.7 Å². The molecule has 0 radical (unpaired) electrons. The highest BCUT2D eigenvalue weighted by molar-refractivity contribution is 7.13. The summed E-state index contributed by atoms with van der Waals surface area (Å²) in [6.45, 7) is 0.341. The maximum absolute atomic E-state index is 12.4. The van der Waals surface area contributed by atoms with Crippen LogP contribution >= 0.6 is 11.3 Å². The molecule has 1 aromatic carbocycles. The summed E-state index contributed by atoms with van der Waals surface area (Å²) in [5.74, 6) is -0.466. The molecule has 0 saturated carbocycles. The number of carbonyl (C=O) groups excluding carboxylic acids is 2. The summed E-state index contributed by atoms with van der Waals surface area (Å²) >= 11 is 1.35. The van der Waals surface area contributed by atoms with Crippen LogP contribution in [0.25, 0.3) is 10.9 Å². The minimum atomic E-state index is -0.326. The van der Waals surface area contributed by atoms with Gasteiger partial charge in [-0.2, -0.15) is 0 Å². The molecule has 3 N–H and O–H groups in total. The zero-order chi connectivity index (χ0) is 16.7. The molecule has 0 saturated heterocycles. The lowest BCUT2D eigenvalue weighted by Crippen LogP contribution is -2.46. The molecule has 1 aliphatic heterocycles. The van der Waals surface area contributed by atoms with E-state index in [1.54, 1.807) is 29.8 Å². The van der Waals surface area contributed by atoms with Crippen LogP contribution in [-0.4, -0.2) is 39.1 Å². The second-order valence-electron chi connectivity index (χ2n) is 5.56. The topological polar surface area (TPSA) is 96.2 Å². The van der Waals surface area contributed by atoms with Crippen LogP contribution in [0.15, 0.2) is 35.8 Å². The summed E-state index contributed by atoms with van der Waals surface area (Å²) in [5, 5.41) is 18.0. The third kappa shape index (κ3) is 2.45. The molecule has 0 bridgehead atoms. The maximum atomic E-state index is 12.4. The van der Waals surface area contributed by atoms with Gasteiger partial charge in [0.2, 0.25) is 0 Å². The summed E-state index contributed by atoms with van der Waals surface area (Å²) in [4.78, 5) is 28.5. The number of hydrogen-bond donors (Lipinski definition) is 3. The van der Waals surface area contributed by atoms with Gasteiger partial charge in [-0.3, -0.25) is 14.9 Å². The molecular weight excluding hydrogens is 328 g/mol. The van der Waals surface area contributed by atoms with Crippen molar-refractivity contribution < 1.29 is 14.7 Å². The van der Waals surface area contributed by atoms with Crippen molar-refractivity contribution in [1.82, 2.24) is 14.9 Å². The van der Waals surface area contributed by atoms with Gasteiger partial charge >= 0.3 is 0 Å². The van der Waals surface area contributed by atoms with Crippen LogP contribution in [-0.2, 0) is 6.54 Å². The van der Waals surface area contributed by atoms with E-state index in [0.29, 0.717) is 22.9 Å². The van der Waals surface area contributed by atoms with E-state index in [0.717, 1.165) is 10.9 Å². The second kappa shape index (κ2) is 5.73. The first-order valence-electron chi connectivity index (χ1n) is 7.41. The highest BCUT2D eigenvalue weighted by atomic mass is 32.1. The van der Waals surface area contributed by atoms with Gasteiger partial charge in [0.05, 0.1) is 12.6 Å². The number of nitrogens with one attached hydrogen (secondary N) is 2. The van der Waals surface area contributed by atoms with Crippen molar-refractivity contribution in [1.29, 1.82) is 0 Å². The first-order chi connectivity index (χ1) is 11.7. The molecule has 0 spiro atoms. The van der Waals surface area contributed by atoms with Crippen LogP contribution in [0, 0.1) is 0 Å². The fourth-order valence-corrected chi connectivity index (χ4v) is 3.39. The molecule has 2 aromatic heterocycles. The zero-order valence-electron chi connectivity index (χ0n) is 12.5. The minimum Gasteiger partial charge on any atom is -0.394 e. The van der Waals surface area contributed by atoms with Gasteiger partial charge in [0.1, 0.15) is 5.69 Å². The van der Waals surface area contributed by atoms with Crippen LogP contribution in [0.5, 0.6) is 0 Å². The van der Waals surface area contributed by atoms with Gasteiger partial charge in [0.15, 0.2) is 5.13 Å². The summed E-state index contributed by atoms with van der Waals surface area (Å²) < 4.78 is 1.84. The van der Waals surface area contributed by atoms with E-state index >= 15 is 0 Å². The first kappa shape index (κ1) is 14.9. The standard InChI is InChI=1S/C16H14N4O3S/c21-8-11-7-20-12-6-10(14(22)19-16-17-3-4-24-16)2-1-9(12)5-13(20)15(23)18-11/h1-6,11,21H,7-8H2,(H,18,23)(H,17,19,22). The minimum absolute atomic E-state index is 0.130. The van der Waals surface area contributed by atoms with Crippen LogP contribution in [0.1, 0.15) is 20.8 Å². The molecule has 1 unspecified atom stereocenters. The Bertz CT molecular complexity index is 932. The van der Waals surface area contributed by atoms with Crippen LogP contribution < -0.4 is 10.6 Å². The van der Waals surface area contributed by atoms with Gasteiger partial charge in [0.25, 0.3) is 11.8 Å². The van der Waals surface area contributed by atoms with Gasteiger partial charge in [-0.05, 0) is 18.2 Å². The molecule has 8 heteroatoms. The van der Waals surface area contributed by atoms with E-state index in [1.165, 1.54) is 11.3 Å². The van der Waals surface area contributed by atoms with E-state index < -0.39 is 0 Å². The molecule has 122 valence electrons. The molecule has 24 heavy (non-hydrogen) atoms. The number of benzene rings is 1. The van der Waals surface area contributed by atoms with E-state index in [4.69, 9.17) is 0 Å². The van der Waals surface area contributed by atoms with E-state index in [2.05, 4.69) is 15.6 Å². The van der Waals surface area contributed by atoms with Crippen molar-refractivity contribution >= 4 is 39.2 Å². The van der Waals surface area contributed by atoms with Gasteiger partial charge in [-0.25, -0.2) is 4.98 Å². The molecular formula is C16H14N4O3S. The van der Waals surface area contributed by atoms with Crippen molar-refractivity contribution in [3.8, 4) is 0 Å². The van der Waals surface area contributed by atoms with Gasteiger partial charge in [-0.15, -0.1) is 11.3 Å². The number of nitrogens with zero attached hydrogens (tertiary/aromatic N) is 2. The first-order valence-corrected chi connectivity index (χ1v) is 8.29. The summed E-state index contributed by atoms with van der Waals surface area (Å²) in [6, 6.07) is 6.76. The number of hydrogen-bond acceptors (Lipinski definition) is 5. The number of rotatable bonds is 3. The number of aliphatic hydroxyl groups is 1. The second-order valence-corrected chi connectivity index (χ2v) is 6.45. The van der Waals surface area contributed by atoms with E-state index in [-0.39, 0.29) is 24.5 Å². The molecule has 7 nitrogen and oxygen atoms in total. The largest absolute Gasteiger partial charge is 0.394 e. The molecule has 1 atom stereocenters. The predicted molar refractivity (Wildman–Crippen MR) is 90.3 cm³/mol. The van der Waals surface area contributed by atoms with Crippen LogP contribution in [0.2, 0.25) is 0 Å². The smallest absolute Gasteiger partial charge is 0.268 e. The fourth-order valence-electron chi connectivity index (χ4n) is 2.86. The van der Waals surface area contributed by atoms with Crippen molar-refractivity contribution in [2.75, 3.05) is 11.9 Å². The Balaban J connectivity index is 1.73. The predicted octanol–water partition coefficient (Wildman–Crippen LogP) is 1.45. The van der Waals surface area contributed by atoms with Crippen LogP contribution in [0.4, 0.5) is 5.13 Å². The third-order valence-corrected chi connectivity index (χ3v) is 4.70. The average Bonchev–Trinajstić information content (AvgIpc) is 3.22. The molecule has 0 fully saturated rings. The molecule has 0 aliphatic carbocycles. The van der Waals surface area contributed by atoms with Gasteiger partial charge in [0, 0.05) is 34.6 Å². The van der Waals surface area contributed by atoms with Crippen LogP contribution in [0.3, 0.4) is 0 Å². The molecule has 3 heterocycles. The lowest BCUT2D eigenvalue weighted by Gasteiger charge is -2.24. The number of carbonyl (C=O) groups is 2. The Morgan fingerprint density at radius 1 is 1.46 bits per heavy atom. The monoisotopic (exact) mass is 342 g/mol. The average molecular weight is 342 g/mol. The van der Waals surface area contributed by atoms with Crippen molar-refractivity contribution in [3.05, 3.63) is 47.1 Å². The Labute approximate surface area is 140 Å². The molecule has 2 amide bonds. The van der Waals surface area contributed by atoms with Gasteiger partial charge in [-0.1, -0.05) is 6.07 Å². The highest BCUT2D eigenvalue weighted by Gasteiger charge is 2.25. The summed E-state index contributed by atoms with van der Waals surface area (Å²) in [7, 11) is 0. The third-order valence-electron chi connectivity index (χ3n) is 4.01. The lowest BCUT2D eigenvalue weighted by molar-refractivity contribution is 0.0871. The summed E-state index contributed by atoms with van der Waals surface area (Å²) in [6.07, 6.45) is 1.63. The number of amides is 2. The van der Waals surface area contributed by atoms with Crippen molar-refractivity contribution in [2.24, 2.45) is 0 Å². The SMILES string of the molecule is O=C(Nc1nccs1)c1ccc2cc3n(c2c1)CC(CO)NC3=O. The Hall–Kier alpha value is -2.71. The number of thiazole rings is 1.